The largest absolute Gasteiger partial charge is 0.369 e. The van der Waals surface area contributed by atoms with Gasteiger partial charge >= 0.3 is 0 Å². The molecule has 1 aliphatic heterocycles. The second kappa shape index (κ2) is 3.53. The molecule has 2 rings (SSSR count). The van der Waals surface area contributed by atoms with E-state index >= 15 is 0 Å². The molecule has 2 N–H and O–H groups in total. The number of aromatic nitrogens is 1. The van der Waals surface area contributed by atoms with Gasteiger partial charge in [-0.05, 0) is 19.4 Å². The summed E-state index contributed by atoms with van der Waals surface area (Å²) in [5.74, 6) is -0.391. The first kappa shape index (κ1) is 9.40. The van der Waals surface area contributed by atoms with E-state index in [1.165, 1.54) is 0 Å². The molecule has 2 heterocycles. The summed E-state index contributed by atoms with van der Waals surface area (Å²) in [6.45, 7) is 3.50. The van der Waals surface area contributed by atoms with E-state index in [0.717, 1.165) is 25.2 Å². The summed E-state index contributed by atoms with van der Waals surface area (Å²) in [7, 11) is 0. The summed E-state index contributed by atoms with van der Waals surface area (Å²) >= 11 is 0. The van der Waals surface area contributed by atoms with Crippen LogP contribution in [0.3, 0.4) is 0 Å². The molecular formula is C10H14FN3. The standard InChI is InChI=1S/C10H14FN3/c1-7-4-9(5-13-10(7)11)14-3-2-8(12)6-14/h4-5,8H,2-3,6,12H2,1H3. The maximum atomic E-state index is 12.9. The lowest BCUT2D eigenvalue weighted by Gasteiger charge is -2.17. The lowest BCUT2D eigenvalue weighted by atomic mass is 10.2. The molecule has 0 bridgehead atoms. The van der Waals surface area contributed by atoms with Gasteiger partial charge in [0.05, 0.1) is 11.9 Å². The Balaban J connectivity index is 2.20. The molecule has 0 spiro atoms. The molecule has 1 saturated heterocycles. The molecule has 1 aliphatic rings. The molecule has 1 aromatic heterocycles. The van der Waals surface area contributed by atoms with E-state index in [4.69, 9.17) is 5.73 Å². The average Bonchev–Trinajstić information content (AvgIpc) is 2.57. The molecule has 14 heavy (non-hydrogen) atoms. The first-order chi connectivity index (χ1) is 6.66. The normalized spacial score (nSPS) is 21.6. The minimum Gasteiger partial charge on any atom is -0.369 e. The van der Waals surface area contributed by atoms with Crippen LogP contribution in [0.2, 0.25) is 0 Å². The molecule has 4 heteroatoms. The smallest absolute Gasteiger partial charge is 0.215 e. The molecule has 0 radical (unpaired) electrons. The molecule has 3 nitrogen and oxygen atoms in total. The maximum absolute atomic E-state index is 12.9. The molecule has 1 unspecified atom stereocenters. The zero-order valence-electron chi connectivity index (χ0n) is 8.20. The van der Waals surface area contributed by atoms with Gasteiger partial charge < -0.3 is 10.6 Å². The Morgan fingerprint density at radius 2 is 2.43 bits per heavy atom. The topological polar surface area (TPSA) is 42.1 Å². The molecule has 76 valence electrons. The number of rotatable bonds is 1. The van der Waals surface area contributed by atoms with Crippen LogP contribution in [0.1, 0.15) is 12.0 Å². The van der Waals surface area contributed by atoms with Crippen LogP contribution in [-0.2, 0) is 0 Å². The second-order valence-corrected chi connectivity index (χ2v) is 3.80. The Bertz CT molecular complexity index is 340. The number of nitrogens with two attached hydrogens (primary N) is 1. The number of pyridine rings is 1. The number of anilines is 1. The monoisotopic (exact) mass is 195 g/mol. The van der Waals surface area contributed by atoms with Crippen LogP contribution in [0.5, 0.6) is 0 Å². The Kier molecular flexibility index (Phi) is 2.37. The Labute approximate surface area is 82.7 Å². The Morgan fingerprint density at radius 3 is 3.00 bits per heavy atom. The van der Waals surface area contributed by atoms with E-state index in [1.807, 2.05) is 6.07 Å². The van der Waals surface area contributed by atoms with Gasteiger partial charge in [-0.15, -0.1) is 0 Å². The summed E-state index contributed by atoms with van der Waals surface area (Å²) < 4.78 is 12.9. The second-order valence-electron chi connectivity index (χ2n) is 3.80. The van der Waals surface area contributed by atoms with Crippen molar-refractivity contribution in [1.82, 2.24) is 4.98 Å². The third kappa shape index (κ3) is 1.70. The van der Waals surface area contributed by atoms with Crippen LogP contribution in [0, 0.1) is 12.9 Å². The predicted molar refractivity (Wildman–Crippen MR) is 53.7 cm³/mol. The first-order valence-corrected chi connectivity index (χ1v) is 4.79. The van der Waals surface area contributed by atoms with Crippen molar-refractivity contribution in [3.8, 4) is 0 Å². The van der Waals surface area contributed by atoms with Crippen LogP contribution < -0.4 is 10.6 Å². The SMILES string of the molecule is Cc1cc(N2CCC(N)C2)cnc1F. The highest BCUT2D eigenvalue weighted by molar-refractivity contribution is 5.47. The third-order valence-corrected chi connectivity index (χ3v) is 2.59. The van der Waals surface area contributed by atoms with Gasteiger partial charge in [0, 0.05) is 24.7 Å². The van der Waals surface area contributed by atoms with E-state index in [1.54, 1.807) is 13.1 Å². The van der Waals surface area contributed by atoms with Crippen molar-refractivity contribution in [2.24, 2.45) is 5.73 Å². The van der Waals surface area contributed by atoms with Crippen molar-refractivity contribution in [3.63, 3.8) is 0 Å². The zero-order valence-corrected chi connectivity index (χ0v) is 8.20. The van der Waals surface area contributed by atoms with Gasteiger partial charge in [-0.25, -0.2) is 4.98 Å². The summed E-state index contributed by atoms with van der Waals surface area (Å²) in [6.07, 6.45) is 2.57. The minimum atomic E-state index is -0.391. The fourth-order valence-corrected chi connectivity index (χ4v) is 1.74. The van der Waals surface area contributed by atoms with E-state index < -0.39 is 5.95 Å². The molecule has 1 fully saturated rings. The lowest BCUT2D eigenvalue weighted by molar-refractivity contribution is 0.574. The number of nitrogens with zero attached hydrogens (tertiary/aromatic N) is 2. The first-order valence-electron chi connectivity index (χ1n) is 4.79. The Morgan fingerprint density at radius 1 is 1.64 bits per heavy atom. The predicted octanol–water partition coefficient (Wildman–Crippen LogP) is 1.07. The van der Waals surface area contributed by atoms with Crippen LogP contribution in [0.15, 0.2) is 12.3 Å². The third-order valence-electron chi connectivity index (χ3n) is 2.59. The van der Waals surface area contributed by atoms with Gasteiger partial charge in [0.1, 0.15) is 0 Å². The van der Waals surface area contributed by atoms with Gasteiger partial charge in [0.15, 0.2) is 0 Å². The minimum absolute atomic E-state index is 0.236. The number of aryl methyl sites for hydroxylation is 1. The van der Waals surface area contributed by atoms with Crippen molar-refractivity contribution in [2.75, 3.05) is 18.0 Å². The van der Waals surface area contributed by atoms with E-state index in [2.05, 4.69) is 9.88 Å². The fourth-order valence-electron chi connectivity index (χ4n) is 1.74. The highest BCUT2D eigenvalue weighted by Gasteiger charge is 2.19. The van der Waals surface area contributed by atoms with E-state index in [0.29, 0.717) is 5.56 Å². The summed E-state index contributed by atoms with van der Waals surface area (Å²) in [5, 5.41) is 0. The van der Waals surface area contributed by atoms with Crippen LogP contribution in [-0.4, -0.2) is 24.1 Å². The number of halogens is 1. The molecule has 0 aliphatic carbocycles. The van der Waals surface area contributed by atoms with Crippen LogP contribution in [0.4, 0.5) is 10.1 Å². The quantitative estimate of drug-likeness (QED) is 0.681. The van der Waals surface area contributed by atoms with Crippen molar-refractivity contribution in [1.29, 1.82) is 0 Å². The van der Waals surface area contributed by atoms with E-state index in [-0.39, 0.29) is 6.04 Å². The van der Waals surface area contributed by atoms with Crippen molar-refractivity contribution < 1.29 is 4.39 Å². The van der Waals surface area contributed by atoms with Crippen molar-refractivity contribution in [3.05, 3.63) is 23.8 Å². The molecule has 0 amide bonds. The van der Waals surface area contributed by atoms with Gasteiger partial charge in [-0.2, -0.15) is 4.39 Å². The van der Waals surface area contributed by atoms with Crippen molar-refractivity contribution in [2.45, 2.75) is 19.4 Å². The summed E-state index contributed by atoms with van der Waals surface area (Å²) in [6, 6.07) is 2.06. The van der Waals surface area contributed by atoms with Crippen LogP contribution in [0.25, 0.3) is 0 Å². The van der Waals surface area contributed by atoms with Crippen LogP contribution >= 0.6 is 0 Å². The molecule has 0 aromatic carbocycles. The molecule has 1 atom stereocenters. The van der Waals surface area contributed by atoms with Gasteiger partial charge in [0.2, 0.25) is 5.95 Å². The summed E-state index contributed by atoms with van der Waals surface area (Å²) in [4.78, 5) is 5.84. The molecular weight excluding hydrogens is 181 g/mol. The van der Waals surface area contributed by atoms with Crippen molar-refractivity contribution >= 4 is 5.69 Å². The lowest BCUT2D eigenvalue weighted by Crippen LogP contribution is -2.26. The van der Waals surface area contributed by atoms with E-state index in [9.17, 15) is 4.39 Å². The molecule has 1 aromatic rings. The maximum Gasteiger partial charge on any atom is 0.215 e. The molecule has 0 saturated carbocycles. The highest BCUT2D eigenvalue weighted by atomic mass is 19.1. The fraction of sp³-hybridized carbons (Fsp3) is 0.500. The number of hydrogen-bond acceptors (Lipinski definition) is 3. The highest BCUT2D eigenvalue weighted by Crippen LogP contribution is 2.20. The average molecular weight is 195 g/mol. The summed E-state index contributed by atoms with van der Waals surface area (Å²) in [5.41, 5.74) is 7.35. The van der Waals surface area contributed by atoms with Gasteiger partial charge in [-0.1, -0.05) is 0 Å². The van der Waals surface area contributed by atoms with Gasteiger partial charge in [-0.3, -0.25) is 0 Å². The number of hydrogen-bond donors (Lipinski definition) is 1. The van der Waals surface area contributed by atoms with Gasteiger partial charge in [0.25, 0.3) is 0 Å². The zero-order chi connectivity index (χ0) is 10.1. The Hall–Kier alpha value is -1.16.